The molecule has 0 radical (unpaired) electrons. The van der Waals surface area contributed by atoms with Crippen molar-refractivity contribution in [3.05, 3.63) is 47.3 Å². The molecule has 2 aromatic rings. The molecule has 0 saturated heterocycles. The first-order chi connectivity index (χ1) is 11.6. The van der Waals surface area contributed by atoms with E-state index in [1.807, 2.05) is 36.7 Å². The van der Waals surface area contributed by atoms with Crippen LogP contribution in [0.15, 0.2) is 30.3 Å². The second-order valence-corrected chi connectivity index (χ2v) is 6.03. The average molecular weight is 347 g/mol. The van der Waals surface area contributed by atoms with Crippen LogP contribution >= 0.6 is 12.2 Å². The number of aromatic nitrogens is 2. The van der Waals surface area contributed by atoms with Crippen LogP contribution < -0.4 is 10.6 Å². The summed E-state index contributed by atoms with van der Waals surface area (Å²) in [6, 6.07) is 10.3. The van der Waals surface area contributed by atoms with Crippen molar-refractivity contribution in [3.8, 4) is 0 Å². The van der Waals surface area contributed by atoms with Gasteiger partial charge in [-0.05, 0) is 45.0 Å². The van der Waals surface area contributed by atoms with Crippen LogP contribution in [0.25, 0.3) is 0 Å². The molecular weight excluding hydrogens is 320 g/mol. The summed E-state index contributed by atoms with van der Waals surface area (Å²) in [5.74, 6) is 0. The summed E-state index contributed by atoms with van der Waals surface area (Å²) >= 11 is 5.37. The highest BCUT2D eigenvalue weighted by atomic mass is 32.1. The second kappa shape index (κ2) is 9.39. The van der Waals surface area contributed by atoms with Gasteiger partial charge in [0.1, 0.15) is 0 Å². The minimum absolute atomic E-state index is 0.622. The van der Waals surface area contributed by atoms with Crippen LogP contribution in [0, 0.1) is 13.8 Å². The van der Waals surface area contributed by atoms with E-state index in [0.717, 1.165) is 49.8 Å². The van der Waals surface area contributed by atoms with Gasteiger partial charge in [-0.1, -0.05) is 30.3 Å². The predicted molar refractivity (Wildman–Crippen MR) is 103 cm³/mol. The molecular formula is C18H26N4OS. The highest BCUT2D eigenvalue weighted by Crippen LogP contribution is 2.20. The Kier molecular flexibility index (Phi) is 7.21. The van der Waals surface area contributed by atoms with Crippen molar-refractivity contribution in [1.82, 2.24) is 15.1 Å². The van der Waals surface area contributed by atoms with E-state index in [4.69, 9.17) is 17.0 Å². The van der Waals surface area contributed by atoms with Crippen molar-refractivity contribution in [2.75, 3.05) is 25.1 Å². The van der Waals surface area contributed by atoms with Gasteiger partial charge in [0.15, 0.2) is 5.11 Å². The predicted octanol–water partition coefficient (Wildman–Crippen LogP) is 3.26. The van der Waals surface area contributed by atoms with Gasteiger partial charge in [0, 0.05) is 19.8 Å². The Morgan fingerprint density at radius 2 is 2.00 bits per heavy atom. The zero-order chi connectivity index (χ0) is 17.4. The number of ether oxygens (including phenoxy) is 1. The van der Waals surface area contributed by atoms with Crippen LogP contribution in [0.4, 0.5) is 5.69 Å². The molecule has 0 bridgehead atoms. The first-order valence-corrected chi connectivity index (χ1v) is 8.73. The van der Waals surface area contributed by atoms with Crippen LogP contribution in [0.5, 0.6) is 0 Å². The Labute approximate surface area is 149 Å². The first kappa shape index (κ1) is 18.4. The molecule has 2 rings (SSSR count). The van der Waals surface area contributed by atoms with Crippen molar-refractivity contribution >= 4 is 23.0 Å². The molecule has 2 N–H and O–H groups in total. The quantitative estimate of drug-likeness (QED) is 0.568. The summed E-state index contributed by atoms with van der Waals surface area (Å²) in [5.41, 5.74) is 4.23. The maximum atomic E-state index is 5.37. The van der Waals surface area contributed by atoms with Crippen molar-refractivity contribution in [2.45, 2.75) is 33.7 Å². The molecule has 1 heterocycles. The summed E-state index contributed by atoms with van der Waals surface area (Å²) in [6.45, 7) is 9.10. The van der Waals surface area contributed by atoms with Gasteiger partial charge in [-0.25, -0.2) is 0 Å². The molecule has 0 spiro atoms. The zero-order valence-corrected chi connectivity index (χ0v) is 15.4. The number of thiocarbonyl (C=S) groups is 1. The number of hydrogen-bond acceptors (Lipinski definition) is 3. The molecule has 0 fully saturated rings. The third-order valence-corrected chi connectivity index (χ3v) is 4.00. The Morgan fingerprint density at radius 1 is 1.25 bits per heavy atom. The molecule has 0 aliphatic rings. The maximum absolute atomic E-state index is 5.37. The molecule has 0 saturated carbocycles. The SMILES string of the molecule is CCOCCCNC(=S)Nc1c(C)nn(Cc2ccccc2)c1C. The van der Waals surface area contributed by atoms with Crippen molar-refractivity contribution in [1.29, 1.82) is 0 Å². The van der Waals surface area contributed by atoms with Gasteiger partial charge in [-0.3, -0.25) is 4.68 Å². The average Bonchev–Trinajstić information content (AvgIpc) is 2.83. The molecule has 0 aliphatic heterocycles. The van der Waals surface area contributed by atoms with Crippen LogP contribution in [-0.4, -0.2) is 34.7 Å². The van der Waals surface area contributed by atoms with Crippen LogP contribution in [-0.2, 0) is 11.3 Å². The molecule has 0 aliphatic carbocycles. The number of hydrogen-bond donors (Lipinski definition) is 2. The van der Waals surface area contributed by atoms with Crippen LogP contribution in [0.2, 0.25) is 0 Å². The Bertz CT molecular complexity index is 655. The topological polar surface area (TPSA) is 51.1 Å². The third-order valence-electron chi connectivity index (χ3n) is 3.75. The van der Waals surface area contributed by atoms with E-state index in [9.17, 15) is 0 Å². The van der Waals surface area contributed by atoms with E-state index >= 15 is 0 Å². The monoisotopic (exact) mass is 346 g/mol. The summed E-state index contributed by atoms with van der Waals surface area (Å²) in [4.78, 5) is 0. The van der Waals surface area contributed by atoms with Crippen molar-refractivity contribution < 1.29 is 4.74 Å². The third kappa shape index (κ3) is 5.32. The van der Waals surface area contributed by atoms with E-state index < -0.39 is 0 Å². The Hall–Kier alpha value is -1.92. The minimum atomic E-state index is 0.622. The molecule has 0 unspecified atom stereocenters. The zero-order valence-electron chi connectivity index (χ0n) is 14.6. The van der Waals surface area contributed by atoms with Gasteiger partial charge in [0.25, 0.3) is 0 Å². The fourth-order valence-corrected chi connectivity index (χ4v) is 2.67. The number of nitrogens with one attached hydrogen (secondary N) is 2. The lowest BCUT2D eigenvalue weighted by Gasteiger charge is -2.11. The lowest BCUT2D eigenvalue weighted by atomic mass is 10.2. The number of anilines is 1. The van der Waals surface area contributed by atoms with Crippen LogP contribution in [0.3, 0.4) is 0 Å². The van der Waals surface area contributed by atoms with Gasteiger partial charge >= 0.3 is 0 Å². The minimum Gasteiger partial charge on any atom is -0.382 e. The van der Waals surface area contributed by atoms with Gasteiger partial charge in [0.05, 0.1) is 23.6 Å². The first-order valence-electron chi connectivity index (χ1n) is 8.32. The standard InChI is InChI=1S/C18H26N4OS/c1-4-23-12-8-11-19-18(24)20-17-14(2)21-22(15(17)3)13-16-9-6-5-7-10-16/h5-7,9-10H,4,8,11-13H2,1-3H3,(H2,19,20,24). The lowest BCUT2D eigenvalue weighted by Crippen LogP contribution is -2.30. The van der Waals surface area contributed by atoms with Crippen LogP contribution in [0.1, 0.15) is 30.3 Å². The molecule has 24 heavy (non-hydrogen) atoms. The number of aryl methyl sites for hydroxylation is 1. The highest BCUT2D eigenvalue weighted by Gasteiger charge is 2.12. The highest BCUT2D eigenvalue weighted by molar-refractivity contribution is 7.80. The number of benzene rings is 1. The molecule has 6 heteroatoms. The summed E-state index contributed by atoms with van der Waals surface area (Å²) in [7, 11) is 0. The Morgan fingerprint density at radius 3 is 2.71 bits per heavy atom. The maximum Gasteiger partial charge on any atom is 0.170 e. The molecule has 130 valence electrons. The summed E-state index contributed by atoms with van der Waals surface area (Å²) in [6.07, 6.45) is 0.931. The molecule has 5 nitrogen and oxygen atoms in total. The van der Waals surface area contributed by atoms with E-state index in [1.165, 1.54) is 5.56 Å². The van der Waals surface area contributed by atoms with E-state index in [0.29, 0.717) is 5.11 Å². The summed E-state index contributed by atoms with van der Waals surface area (Å²) in [5, 5.41) is 11.7. The largest absolute Gasteiger partial charge is 0.382 e. The van der Waals surface area contributed by atoms with E-state index in [1.54, 1.807) is 0 Å². The fraction of sp³-hybridized carbons (Fsp3) is 0.444. The van der Waals surface area contributed by atoms with Gasteiger partial charge in [-0.15, -0.1) is 0 Å². The fourth-order valence-electron chi connectivity index (χ4n) is 2.47. The second-order valence-electron chi connectivity index (χ2n) is 5.62. The van der Waals surface area contributed by atoms with Gasteiger partial charge in [0.2, 0.25) is 0 Å². The molecule has 0 atom stereocenters. The van der Waals surface area contributed by atoms with E-state index in [2.05, 4.69) is 34.8 Å². The smallest absolute Gasteiger partial charge is 0.170 e. The van der Waals surface area contributed by atoms with E-state index in [-0.39, 0.29) is 0 Å². The van der Waals surface area contributed by atoms with Gasteiger partial charge in [-0.2, -0.15) is 5.10 Å². The number of rotatable bonds is 8. The molecule has 0 amide bonds. The Balaban J connectivity index is 1.92. The number of nitrogens with zero attached hydrogens (tertiary/aromatic N) is 2. The lowest BCUT2D eigenvalue weighted by molar-refractivity contribution is 0.146. The normalized spacial score (nSPS) is 10.6. The van der Waals surface area contributed by atoms with Crippen molar-refractivity contribution in [3.63, 3.8) is 0 Å². The summed E-state index contributed by atoms with van der Waals surface area (Å²) < 4.78 is 7.32. The van der Waals surface area contributed by atoms with Gasteiger partial charge < -0.3 is 15.4 Å². The molecule has 1 aromatic heterocycles. The molecule has 1 aromatic carbocycles. The van der Waals surface area contributed by atoms with Crippen molar-refractivity contribution in [2.24, 2.45) is 0 Å².